The van der Waals surface area contributed by atoms with Crippen LogP contribution in [0.1, 0.15) is 0 Å². The first-order valence-corrected chi connectivity index (χ1v) is 2.71. The summed E-state index contributed by atoms with van der Waals surface area (Å²) in [6.45, 7) is 0.998. The Kier molecular flexibility index (Phi) is 3.79. The molecule has 0 atom stereocenters. The highest BCUT2D eigenvalue weighted by Gasteiger charge is 2.04. The summed E-state index contributed by atoms with van der Waals surface area (Å²) in [7, 11) is 2.98. The van der Waals surface area contributed by atoms with Crippen molar-refractivity contribution in [2.45, 2.75) is 0 Å². The normalized spacial score (nSPS) is 8.78. The maximum absolute atomic E-state index is 10.5. The second kappa shape index (κ2) is 4.14. The minimum atomic E-state index is -0.347. The van der Waals surface area contributed by atoms with Gasteiger partial charge in [0.15, 0.2) is 0 Å². The first-order valence-electron chi connectivity index (χ1n) is 2.71. The molecule has 0 unspecified atom stereocenters. The number of hydrogen-bond donors (Lipinski definition) is 1. The van der Waals surface area contributed by atoms with Gasteiger partial charge in [-0.25, -0.2) is 4.79 Å². The molecule has 0 saturated heterocycles. The van der Waals surface area contributed by atoms with Crippen molar-refractivity contribution in [2.24, 2.45) is 5.73 Å². The average Bonchev–Trinajstić information content (AvgIpc) is 1.87. The monoisotopic (exact) mass is 132 g/mol. The smallest absolute Gasteiger partial charge is 0.409 e. The number of carbonyl (C=O) groups is 1. The number of likely N-dealkylation sites (N-methyl/N-ethyl adjacent to an activating group) is 1. The maximum Gasteiger partial charge on any atom is 0.409 e. The Balaban J connectivity index is 3.45. The van der Waals surface area contributed by atoms with E-state index in [0.717, 1.165) is 0 Å². The fourth-order valence-corrected chi connectivity index (χ4v) is 0.441. The van der Waals surface area contributed by atoms with Crippen molar-refractivity contribution in [1.29, 1.82) is 0 Å². The van der Waals surface area contributed by atoms with Crippen LogP contribution in [0.5, 0.6) is 0 Å². The lowest BCUT2D eigenvalue weighted by molar-refractivity contribution is 0.134. The molecule has 1 amide bonds. The van der Waals surface area contributed by atoms with Gasteiger partial charge in [0, 0.05) is 20.1 Å². The molecule has 4 heteroatoms. The van der Waals surface area contributed by atoms with E-state index < -0.39 is 0 Å². The van der Waals surface area contributed by atoms with Crippen molar-refractivity contribution in [3.63, 3.8) is 0 Å². The van der Waals surface area contributed by atoms with Crippen molar-refractivity contribution in [3.05, 3.63) is 0 Å². The van der Waals surface area contributed by atoms with Gasteiger partial charge in [-0.15, -0.1) is 0 Å². The largest absolute Gasteiger partial charge is 0.453 e. The van der Waals surface area contributed by atoms with E-state index in [0.29, 0.717) is 13.1 Å². The van der Waals surface area contributed by atoms with Crippen molar-refractivity contribution in [2.75, 3.05) is 27.2 Å². The highest BCUT2D eigenvalue weighted by Crippen LogP contribution is 1.84. The maximum atomic E-state index is 10.5. The van der Waals surface area contributed by atoms with E-state index >= 15 is 0 Å². The lowest BCUT2D eigenvalue weighted by Crippen LogP contribution is -2.31. The summed E-state index contributed by atoms with van der Waals surface area (Å²) in [4.78, 5) is 12.0. The zero-order valence-corrected chi connectivity index (χ0v) is 5.76. The summed E-state index contributed by atoms with van der Waals surface area (Å²) in [6.07, 6.45) is -0.347. The van der Waals surface area contributed by atoms with Crippen molar-refractivity contribution < 1.29 is 9.53 Å². The van der Waals surface area contributed by atoms with Crippen LogP contribution in [-0.4, -0.2) is 38.2 Å². The topological polar surface area (TPSA) is 55.6 Å². The first-order chi connectivity index (χ1) is 4.22. The first kappa shape index (κ1) is 8.23. The van der Waals surface area contributed by atoms with E-state index in [9.17, 15) is 4.79 Å². The lowest BCUT2D eigenvalue weighted by atomic mass is 10.6. The summed E-state index contributed by atoms with van der Waals surface area (Å²) >= 11 is 0. The van der Waals surface area contributed by atoms with Gasteiger partial charge >= 0.3 is 6.09 Å². The minimum absolute atomic E-state index is 0.347. The second-order valence-corrected chi connectivity index (χ2v) is 1.68. The van der Waals surface area contributed by atoms with Gasteiger partial charge < -0.3 is 15.4 Å². The zero-order valence-electron chi connectivity index (χ0n) is 5.76. The molecule has 0 bridgehead atoms. The Hall–Kier alpha value is -0.770. The van der Waals surface area contributed by atoms with Crippen LogP contribution in [-0.2, 0) is 4.74 Å². The zero-order chi connectivity index (χ0) is 7.28. The molecular weight excluding hydrogens is 120 g/mol. The fourth-order valence-electron chi connectivity index (χ4n) is 0.441. The standard InChI is InChI=1S/C5H12N2O2/c1-7(4-3-6)5(8)9-2/h3-4,6H2,1-2H3. The Labute approximate surface area is 54.6 Å². The van der Waals surface area contributed by atoms with E-state index in [1.807, 2.05) is 0 Å². The number of hydrogen-bond acceptors (Lipinski definition) is 3. The van der Waals surface area contributed by atoms with Gasteiger partial charge in [-0.1, -0.05) is 0 Å². The van der Waals surface area contributed by atoms with Gasteiger partial charge in [-0.2, -0.15) is 0 Å². The minimum Gasteiger partial charge on any atom is -0.453 e. The van der Waals surface area contributed by atoms with Crippen molar-refractivity contribution in [3.8, 4) is 0 Å². The van der Waals surface area contributed by atoms with Crippen LogP contribution in [0.25, 0.3) is 0 Å². The molecule has 0 radical (unpaired) electrons. The van der Waals surface area contributed by atoms with Gasteiger partial charge in [0.2, 0.25) is 0 Å². The number of nitrogens with zero attached hydrogens (tertiary/aromatic N) is 1. The predicted octanol–water partition coefficient (Wildman–Crippen LogP) is -0.357. The van der Waals surface area contributed by atoms with E-state index in [4.69, 9.17) is 5.73 Å². The van der Waals surface area contributed by atoms with Gasteiger partial charge in [-0.05, 0) is 0 Å². The average molecular weight is 132 g/mol. The molecule has 0 heterocycles. The van der Waals surface area contributed by atoms with Crippen molar-refractivity contribution in [1.82, 2.24) is 4.90 Å². The second-order valence-electron chi connectivity index (χ2n) is 1.68. The molecular formula is C5H12N2O2. The molecule has 0 aliphatic carbocycles. The van der Waals surface area contributed by atoms with Crippen molar-refractivity contribution >= 4 is 6.09 Å². The number of ether oxygens (including phenoxy) is 1. The highest BCUT2D eigenvalue weighted by atomic mass is 16.5. The van der Waals surface area contributed by atoms with Crippen LogP contribution in [0, 0.1) is 0 Å². The van der Waals surface area contributed by atoms with Crippen LogP contribution in [0.3, 0.4) is 0 Å². The van der Waals surface area contributed by atoms with Crippen LogP contribution >= 0.6 is 0 Å². The molecule has 54 valence electrons. The van der Waals surface area contributed by atoms with Crippen LogP contribution < -0.4 is 5.73 Å². The molecule has 2 N–H and O–H groups in total. The van der Waals surface area contributed by atoms with Crippen LogP contribution in [0.2, 0.25) is 0 Å². The Morgan fingerprint density at radius 1 is 1.78 bits per heavy atom. The molecule has 0 spiro atoms. The SMILES string of the molecule is COC(=O)N(C)CCN. The van der Waals surface area contributed by atoms with Crippen LogP contribution in [0.4, 0.5) is 4.79 Å². The third kappa shape index (κ3) is 2.92. The van der Waals surface area contributed by atoms with Gasteiger partial charge in [0.25, 0.3) is 0 Å². The molecule has 0 rings (SSSR count). The molecule has 0 aliphatic rings. The fraction of sp³-hybridized carbons (Fsp3) is 0.800. The number of amides is 1. The van der Waals surface area contributed by atoms with Gasteiger partial charge in [0.05, 0.1) is 7.11 Å². The quantitative estimate of drug-likeness (QED) is 0.558. The summed E-state index contributed by atoms with van der Waals surface area (Å²) in [6, 6.07) is 0. The molecule has 0 saturated carbocycles. The Bertz CT molecular complexity index is 95.0. The number of carbonyl (C=O) groups excluding carboxylic acids is 1. The number of methoxy groups -OCH3 is 1. The molecule has 0 aromatic heterocycles. The molecule has 0 aromatic carbocycles. The van der Waals surface area contributed by atoms with E-state index in [2.05, 4.69) is 4.74 Å². The Morgan fingerprint density at radius 3 is 2.67 bits per heavy atom. The number of rotatable bonds is 2. The van der Waals surface area contributed by atoms with Gasteiger partial charge in [-0.3, -0.25) is 0 Å². The predicted molar refractivity (Wildman–Crippen MR) is 34.1 cm³/mol. The molecule has 4 nitrogen and oxygen atoms in total. The van der Waals surface area contributed by atoms with Gasteiger partial charge in [0.1, 0.15) is 0 Å². The highest BCUT2D eigenvalue weighted by molar-refractivity contribution is 5.66. The molecule has 9 heavy (non-hydrogen) atoms. The van der Waals surface area contributed by atoms with E-state index in [-0.39, 0.29) is 6.09 Å². The van der Waals surface area contributed by atoms with E-state index in [1.165, 1.54) is 12.0 Å². The Morgan fingerprint density at radius 2 is 2.33 bits per heavy atom. The number of nitrogens with two attached hydrogens (primary N) is 1. The van der Waals surface area contributed by atoms with E-state index in [1.54, 1.807) is 7.05 Å². The third-order valence-corrected chi connectivity index (χ3v) is 0.951. The molecule has 0 aliphatic heterocycles. The molecule has 0 aromatic rings. The lowest BCUT2D eigenvalue weighted by Gasteiger charge is -2.12. The molecule has 0 fully saturated rings. The van der Waals surface area contributed by atoms with Crippen LogP contribution in [0.15, 0.2) is 0 Å². The summed E-state index contributed by atoms with van der Waals surface area (Å²) in [5, 5.41) is 0. The third-order valence-electron chi connectivity index (χ3n) is 0.951. The summed E-state index contributed by atoms with van der Waals surface area (Å²) in [5.74, 6) is 0. The summed E-state index contributed by atoms with van der Waals surface area (Å²) < 4.78 is 4.40. The summed E-state index contributed by atoms with van der Waals surface area (Å²) in [5.41, 5.74) is 5.17.